The molecule has 1 amide bonds. The van der Waals surface area contributed by atoms with Crippen LogP contribution in [0, 0.1) is 5.92 Å². The first-order valence-electron chi connectivity index (χ1n) is 14.9. The fourth-order valence-corrected chi connectivity index (χ4v) is 13.3. The maximum atomic E-state index is 12.6. The first-order valence-corrected chi connectivity index (χ1v) is 17.8. The zero-order valence-electron chi connectivity index (χ0n) is 25.0. The van der Waals surface area contributed by atoms with Crippen molar-refractivity contribution >= 4 is 37.4 Å². The molecule has 0 aromatic heterocycles. The van der Waals surface area contributed by atoms with Gasteiger partial charge in [-0.25, -0.2) is 5.01 Å². The molecule has 2 unspecified atom stereocenters. The fourth-order valence-electron chi connectivity index (χ4n) is 7.03. The zero-order valence-corrected chi connectivity index (χ0v) is 27.5. The number of halogens is 2. The average molecular weight is 606 g/mol. The molecule has 2 fully saturated rings. The van der Waals surface area contributed by atoms with Gasteiger partial charge in [-0.05, 0) is 59.1 Å². The minimum Gasteiger partial charge on any atom is -0.489 e. The Morgan fingerprint density at radius 2 is 1.57 bits per heavy atom. The third-order valence-corrected chi connectivity index (χ3v) is 15.7. The van der Waals surface area contributed by atoms with E-state index in [1.807, 2.05) is 47.5 Å². The Kier molecular flexibility index (Phi) is 10.7. The summed E-state index contributed by atoms with van der Waals surface area (Å²) in [6.07, 6.45) is 3.23. The minimum atomic E-state index is -2.11. The van der Waals surface area contributed by atoms with E-state index in [0.29, 0.717) is 51.9 Å². The average Bonchev–Trinajstić information content (AvgIpc) is 3.34. The summed E-state index contributed by atoms with van der Waals surface area (Å²) in [5, 5.41) is 5.44. The molecular weight excluding hydrogens is 559 g/mol. The molecule has 5 nitrogen and oxygen atoms in total. The van der Waals surface area contributed by atoms with Crippen LogP contribution >= 0.6 is 23.2 Å². The summed E-state index contributed by atoms with van der Waals surface area (Å²) in [6.45, 7) is 16.9. The van der Waals surface area contributed by atoms with E-state index >= 15 is 0 Å². The zero-order chi connectivity index (χ0) is 29.0. The first kappa shape index (κ1) is 31.4. The molecule has 2 aliphatic rings. The van der Waals surface area contributed by atoms with Crippen LogP contribution in [0.1, 0.15) is 71.9 Å². The lowest BCUT2D eigenvalue weighted by Gasteiger charge is -2.49. The second-order valence-corrected chi connectivity index (χ2v) is 18.6. The summed E-state index contributed by atoms with van der Waals surface area (Å²) in [6, 6.07) is 13.8. The van der Waals surface area contributed by atoms with E-state index in [1.54, 1.807) is 0 Å². The number of benzene rings is 2. The number of hydrogen-bond acceptors (Lipinski definition) is 4. The van der Waals surface area contributed by atoms with Gasteiger partial charge in [0, 0.05) is 42.0 Å². The van der Waals surface area contributed by atoms with Crippen LogP contribution in [0.5, 0.6) is 5.75 Å². The van der Waals surface area contributed by atoms with Gasteiger partial charge in [0.2, 0.25) is 14.2 Å². The van der Waals surface area contributed by atoms with Gasteiger partial charge in [0.15, 0.2) is 0 Å². The summed E-state index contributed by atoms with van der Waals surface area (Å²) in [5.74, 6) is 1.05. The van der Waals surface area contributed by atoms with Crippen molar-refractivity contribution in [2.75, 3.05) is 19.6 Å². The van der Waals surface area contributed by atoms with Crippen LogP contribution in [-0.4, -0.2) is 50.0 Å². The number of ether oxygens (including phenoxy) is 1. The van der Waals surface area contributed by atoms with Crippen molar-refractivity contribution in [1.29, 1.82) is 0 Å². The van der Waals surface area contributed by atoms with Crippen molar-refractivity contribution in [3.05, 3.63) is 63.6 Å². The predicted molar refractivity (Wildman–Crippen MR) is 167 cm³/mol. The molecule has 220 valence electrons. The highest BCUT2D eigenvalue weighted by Gasteiger charge is 2.49. The van der Waals surface area contributed by atoms with Crippen molar-refractivity contribution in [3.63, 3.8) is 0 Å². The van der Waals surface area contributed by atoms with Gasteiger partial charge in [-0.2, -0.15) is 0 Å². The maximum absolute atomic E-state index is 12.6. The molecule has 2 saturated heterocycles. The predicted octanol–water partition coefficient (Wildman–Crippen LogP) is 8.53. The first-order chi connectivity index (χ1) is 19.0. The van der Waals surface area contributed by atoms with Gasteiger partial charge in [-0.3, -0.25) is 9.80 Å². The number of carbonyl (C=O) groups excluding carboxylic acids is 1. The molecule has 40 heavy (non-hydrogen) atoms. The summed E-state index contributed by atoms with van der Waals surface area (Å²) in [4.78, 5) is 12.6. The SMILES string of the molecule is CC(C)[Si](OC1CCN(N2CCCC2=O)CC1Cc1c(Cl)cc(OCc2ccccc2)cc1Cl)(C(C)C)C(C)C. The lowest BCUT2D eigenvalue weighted by atomic mass is 9.89. The molecule has 0 N–H and O–H groups in total. The van der Waals surface area contributed by atoms with Crippen LogP contribution in [0.3, 0.4) is 0 Å². The monoisotopic (exact) mass is 604 g/mol. The van der Waals surface area contributed by atoms with Crippen LogP contribution in [-0.2, 0) is 22.2 Å². The molecule has 2 atom stereocenters. The van der Waals surface area contributed by atoms with Gasteiger partial charge in [0.05, 0.1) is 6.10 Å². The van der Waals surface area contributed by atoms with E-state index in [2.05, 4.69) is 46.6 Å². The van der Waals surface area contributed by atoms with Crippen LogP contribution in [0.2, 0.25) is 26.7 Å². The molecule has 0 radical (unpaired) electrons. The van der Waals surface area contributed by atoms with Crippen LogP contribution in [0.4, 0.5) is 0 Å². The van der Waals surface area contributed by atoms with Gasteiger partial charge in [-0.1, -0.05) is 95.1 Å². The second-order valence-electron chi connectivity index (χ2n) is 12.4. The van der Waals surface area contributed by atoms with Crippen LogP contribution in [0.25, 0.3) is 0 Å². The number of hydrogen-bond donors (Lipinski definition) is 0. The topological polar surface area (TPSA) is 42.0 Å². The normalized spacial score (nSPS) is 20.8. The molecule has 0 aliphatic carbocycles. The number of nitrogens with zero attached hydrogens (tertiary/aromatic N) is 2. The second kappa shape index (κ2) is 13.6. The van der Waals surface area contributed by atoms with Crippen LogP contribution < -0.4 is 4.74 Å². The number of piperidine rings is 1. The highest BCUT2D eigenvalue weighted by molar-refractivity contribution is 6.77. The van der Waals surface area contributed by atoms with Gasteiger partial charge < -0.3 is 9.16 Å². The van der Waals surface area contributed by atoms with E-state index in [9.17, 15) is 4.79 Å². The van der Waals surface area contributed by atoms with E-state index in [-0.39, 0.29) is 17.9 Å². The van der Waals surface area contributed by atoms with E-state index in [4.69, 9.17) is 32.4 Å². The van der Waals surface area contributed by atoms with E-state index < -0.39 is 8.32 Å². The number of rotatable bonds is 11. The van der Waals surface area contributed by atoms with Gasteiger partial charge in [-0.15, -0.1) is 0 Å². The Morgan fingerprint density at radius 1 is 0.950 bits per heavy atom. The van der Waals surface area contributed by atoms with Crippen molar-refractivity contribution < 1.29 is 14.0 Å². The van der Waals surface area contributed by atoms with Crippen LogP contribution in [0.15, 0.2) is 42.5 Å². The van der Waals surface area contributed by atoms with Crippen molar-refractivity contribution in [3.8, 4) is 5.75 Å². The standard InChI is InChI=1S/C32H46Cl2N2O3Si/c1-22(2)40(23(3)4,24(5)6)39-31-14-16-35(36-15-10-13-32(36)37)20-26(31)17-28-29(33)18-27(19-30(28)34)38-21-25-11-8-7-9-12-25/h7-9,11-12,18-19,22-24,26,31H,10,13-17,20-21H2,1-6H3. The Balaban J connectivity index is 1.59. The fraction of sp³-hybridized carbons (Fsp3) is 0.594. The molecule has 2 aliphatic heterocycles. The summed E-state index contributed by atoms with van der Waals surface area (Å²) >= 11 is 13.8. The molecule has 2 aromatic carbocycles. The highest BCUT2D eigenvalue weighted by Crippen LogP contribution is 2.45. The third kappa shape index (κ3) is 6.90. The molecule has 0 spiro atoms. The van der Waals surface area contributed by atoms with Gasteiger partial charge in [0.25, 0.3) is 0 Å². The quantitative estimate of drug-likeness (QED) is 0.241. The molecule has 0 saturated carbocycles. The van der Waals surface area contributed by atoms with Crippen molar-refractivity contribution in [2.24, 2.45) is 5.92 Å². The highest BCUT2D eigenvalue weighted by atomic mass is 35.5. The van der Waals surface area contributed by atoms with Crippen molar-refractivity contribution in [2.45, 2.75) is 96.6 Å². The lowest BCUT2D eigenvalue weighted by molar-refractivity contribution is -0.149. The van der Waals surface area contributed by atoms with Gasteiger partial charge >= 0.3 is 0 Å². The Hall–Kier alpha value is -1.57. The van der Waals surface area contributed by atoms with E-state index in [1.165, 1.54) is 0 Å². The molecule has 8 heteroatoms. The summed E-state index contributed by atoms with van der Waals surface area (Å²) in [5.41, 5.74) is 3.51. The Bertz CT molecular complexity index is 1100. The van der Waals surface area contributed by atoms with Crippen molar-refractivity contribution in [1.82, 2.24) is 10.0 Å². The van der Waals surface area contributed by atoms with Gasteiger partial charge in [0.1, 0.15) is 12.4 Å². The molecular formula is C32H46Cl2N2O3Si. The maximum Gasteiger partial charge on any atom is 0.236 e. The minimum absolute atomic E-state index is 0.0916. The molecule has 2 heterocycles. The molecule has 0 bridgehead atoms. The Morgan fingerprint density at radius 3 is 2.12 bits per heavy atom. The smallest absolute Gasteiger partial charge is 0.236 e. The number of amides is 1. The summed E-state index contributed by atoms with van der Waals surface area (Å²) < 4.78 is 13.4. The summed E-state index contributed by atoms with van der Waals surface area (Å²) in [7, 11) is -2.11. The number of hydrazine groups is 1. The van der Waals surface area contributed by atoms with E-state index in [0.717, 1.165) is 43.6 Å². The number of carbonyl (C=O) groups is 1. The Labute approximate surface area is 252 Å². The molecule has 2 aromatic rings. The lowest BCUT2D eigenvalue weighted by Crippen LogP contribution is -2.57. The third-order valence-electron chi connectivity index (χ3n) is 8.92. The largest absolute Gasteiger partial charge is 0.489 e. The molecule has 4 rings (SSSR count).